The zero-order valence-electron chi connectivity index (χ0n) is 16.0. The van der Waals surface area contributed by atoms with Crippen LogP contribution in [0.5, 0.6) is 0 Å². The molecule has 1 amide bonds. The van der Waals surface area contributed by atoms with Crippen LogP contribution >= 0.6 is 0 Å². The number of hydrogen-bond acceptors (Lipinski definition) is 5. The largest absolute Gasteiger partial charge is 0.383 e. The normalized spacial score (nSPS) is 16.8. The van der Waals surface area contributed by atoms with Crippen LogP contribution in [0.4, 0.5) is 0 Å². The van der Waals surface area contributed by atoms with E-state index < -0.39 is 0 Å². The van der Waals surface area contributed by atoms with Gasteiger partial charge in [-0.3, -0.25) is 18.9 Å². The highest BCUT2D eigenvalue weighted by Crippen LogP contribution is 2.25. The van der Waals surface area contributed by atoms with Crippen molar-refractivity contribution in [3.05, 3.63) is 58.4 Å². The number of aromatic nitrogens is 4. The molecule has 28 heavy (non-hydrogen) atoms. The highest BCUT2D eigenvalue weighted by molar-refractivity contribution is 5.94. The van der Waals surface area contributed by atoms with E-state index in [0.717, 1.165) is 11.2 Å². The third kappa shape index (κ3) is 3.20. The zero-order valence-corrected chi connectivity index (χ0v) is 16.0. The second kappa shape index (κ2) is 7.55. The van der Waals surface area contributed by atoms with Crippen LogP contribution in [0.25, 0.3) is 11.2 Å². The lowest BCUT2D eigenvalue weighted by Gasteiger charge is -2.17. The van der Waals surface area contributed by atoms with Crippen LogP contribution in [0.2, 0.25) is 0 Å². The van der Waals surface area contributed by atoms with Gasteiger partial charge in [0.25, 0.3) is 5.91 Å². The fraction of sp³-hybridized carbons (Fsp3) is 0.400. The van der Waals surface area contributed by atoms with Crippen LogP contribution < -0.4 is 5.69 Å². The topological polar surface area (TPSA) is 82.2 Å². The van der Waals surface area contributed by atoms with Crippen molar-refractivity contribution >= 4 is 17.1 Å². The van der Waals surface area contributed by atoms with Crippen molar-refractivity contribution in [3.63, 3.8) is 0 Å². The first-order chi connectivity index (χ1) is 13.6. The number of rotatable bonds is 5. The van der Waals surface area contributed by atoms with E-state index >= 15 is 0 Å². The van der Waals surface area contributed by atoms with Gasteiger partial charge in [-0.15, -0.1) is 0 Å². The van der Waals surface area contributed by atoms with E-state index in [-0.39, 0.29) is 17.6 Å². The van der Waals surface area contributed by atoms with E-state index in [9.17, 15) is 9.59 Å². The number of hydrogen-bond donors (Lipinski definition) is 0. The Labute approximate surface area is 162 Å². The first kappa shape index (κ1) is 18.4. The molecule has 1 aliphatic heterocycles. The summed E-state index contributed by atoms with van der Waals surface area (Å²) in [5.74, 6) is -0.0564. The third-order valence-corrected chi connectivity index (χ3v) is 5.22. The molecule has 0 saturated carbocycles. The number of ether oxygens (including phenoxy) is 1. The van der Waals surface area contributed by atoms with E-state index in [0.29, 0.717) is 43.9 Å². The SMILES string of the molecule is COCCn1c(=O)n([C@@H]2CCN(C(=O)c3ccc(C)nc3)C2)c2ncccc21. The molecule has 0 radical (unpaired) electrons. The average Bonchev–Trinajstić information content (AvgIpc) is 3.29. The smallest absolute Gasteiger partial charge is 0.330 e. The average molecular weight is 381 g/mol. The molecular weight excluding hydrogens is 358 g/mol. The Morgan fingerprint density at radius 3 is 2.89 bits per heavy atom. The first-order valence-corrected chi connectivity index (χ1v) is 9.36. The summed E-state index contributed by atoms with van der Waals surface area (Å²) in [6, 6.07) is 7.24. The van der Waals surface area contributed by atoms with Crippen molar-refractivity contribution in [2.24, 2.45) is 0 Å². The maximum atomic E-state index is 13.1. The monoisotopic (exact) mass is 381 g/mol. The first-order valence-electron chi connectivity index (χ1n) is 9.36. The lowest BCUT2D eigenvalue weighted by Crippen LogP contribution is -2.32. The van der Waals surface area contributed by atoms with Crippen LogP contribution in [0.3, 0.4) is 0 Å². The molecule has 0 spiro atoms. The van der Waals surface area contributed by atoms with Crippen LogP contribution in [-0.2, 0) is 11.3 Å². The minimum Gasteiger partial charge on any atom is -0.383 e. The Kier molecular flexibility index (Phi) is 4.95. The van der Waals surface area contributed by atoms with Gasteiger partial charge < -0.3 is 9.64 Å². The predicted molar refractivity (Wildman–Crippen MR) is 104 cm³/mol. The molecule has 1 fully saturated rings. The molecule has 1 saturated heterocycles. The minimum atomic E-state index is -0.109. The van der Waals surface area contributed by atoms with Crippen LogP contribution in [0.1, 0.15) is 28.5 Å². The van der Waals surface area contributed by atoms with Crippen LogP contribution in [0, 0.1) is 6.92 Å². The number of nitrogens with zero attached hydrogens (tertiary/aromatic N) is 5. The molecule has 3 aromatic heterocycles. The molecule has 8 heteroatoms. The molecule has 1 atom stereocenters. The second-order valence-corrected chi connectivity index (χ2v) is 7.03. The van der Waals surface area contributed by atoms with Gasteiger partial charge in [-0.05, 0) is 37.6 Å². The van der Waals surface area contributed by atoms with E-state index in [1.54, 1.807) is 39.6 Å². The fourth-order valence-corrected chi connectivity index (χ4v) is 3.75. The number of imidazole rings is 1. The minimum absolute atomic E-state index is 0.0564. The van der Waals surface area contributed by atoms with E-state index in [2.05, 4.69) is 9.97 Å². The van der Waals surface area contributed by atoms with Gasteiger partial charge in [-0.1, -0.05) is 0 Å². The Bertz CT molecular complexity index is 1050. The van der Waals surface area contributed by atoms with E-state index in [4.69, 9.17) is 4.74 Å². The summed E-state index contributed by atoms with van der Waals surface area (Å²) in [6.07, 6.45) is 4.01. The van der Waals surface area contributed by atoms with Crippen molar-refractivity contribution in [2.45, 2.75) is 25.9 Å². The van der Waals surface area contributed by atoms with Gasteiger partial charge in [0, 0.05) is 38.3 Å². The molecule has 4 heterocycles. The molecule has 4 rings (SSSR count). The Morgan fingerprint density at radius 1 is 1.29 bits per heavy atom. The van der Waals surface area contributed by atoms with Crippen molar-refractivity contribution in [3.8, 4) is 0 Å². The summed E-state index contributed by atoms with van der Waals surface area (Å²) in [5.41, 5.74) is 2.77. The molecule has 0 aliphatic carbocycles. The molecule has 1 aliphatic rings. The maximum absolute atomic E-state index is 13.1. The molecule has 3 aromatic rings. The Balaban J connectivity index is 1.63. The number of fused-ring (bicyclic) bond motifs is 1. The van der Waals surface area contributed by atoms with Gasteiger partial charge in [0.1, 0.15) is 0 Å². The zero-order chi connectivity index (χ0) is 19.7. The van der Waals surface area contributed by atoms with Gasteiger partial charge in [0.05, 0.1) is 30.3 Å². The number of carbonyl (C=O) groups excluding carboxylic acids is 1. The molecule has 8 nitrogen and oxygen atoms in total. The summed E-state index contributed by atoms with van der Waals surface area (Å²) < 4.78 is 8.56. The molecular formula is C20H23N5O3. The summed E-state index contributed by atoms with van der Waals surface area (Å²) >= 11 is 0. The quantitative estimate of drug-likeness (QED) is 0.671. The molecule has 0 bridgehead atoms. The molecule has 0 N–H and O–H groups in total. The summed E-state index contributed by atoms with van der Waals surface area (Å²) in [6.45, 7) is 3.88. The Morgan fingerprint density at radius 2 is 2.14 bits per heavy atom. The predicted octanol–water partition coefficient (Wildman–Crippen LogP) is 1.64. The van der Waals surface area contributed by atoms with Crippen molar-refractivity contribution in [1.82, 2.24) is 24.0 Å². The van der Waals surface area contributed by atoms with Crippen molar-refractivity contribution in [1.29, 1.82) is 0 Å². The maximum Gasteiger partial charge on any atom is 0.330 e. The fourth-order valence-electron chi connectivity index (χ4n) is 3.75. The Hall–Kier alpha value is -3.00. The van der Waals surface area contributed by atoms with Gasteiger partial charge in [0.2, 0.25) is 0 Å². The summed E-state index contributed by atoms with van der Waals surface area (Å²) in [5, 5.41) is 0. The van der Waals surface area contributed by atoms with Crippen LogP contribution in [-0.4, -0.2) is 56.7 Å². The van der Waals surface area contributed by atoms with Crippen molar-refractivity contribution < 1.29 is 9.53 Å². The standard InChI is InChI=1S/C20H23N5O3/c1-14-5-6-15(12-22-14)19(26)23-9-7-16(13-23)25-18-17(4-3-8-21-18)24(20(25)27)10-11-28-2/h3-6,8,12,16H,7,9-11,13H2,1-2H3/t16-/m1/s1. The lowest BCUT2D eigenvalue weighted by molar-refractivity contribution is 0.0787. The van der Waals surface area contributed by atoms with Gasteiger partial charge in [-0.2, -0.15) is 0 Å². The van der Waals surface area contributed by atoms with Crippen LogP contribution in [0.15, 0.2) is 41.5 Å². The van der Waals surface area contributed by atoms with Gasteiger partial charge >= 0.3 is 5.69 Å². The summed E-state index contributed by atoms with van der Waals surface area (Å²) in [7, 11) is 1.61. The molecule has 146 valence electrons. The molecule has 0 unspecified atom stereocenters. The van der Waals surface area contributed by atoms with E-state index in [1.807, 2.05) is 25.1 Å². The summed E-state index contributed by atoms with van der Waals surface area (Å²) in [4.78, 5) is 36.3. The number of aryl methyl sites for hydroxylation is 1. The van der Waals surface area contributed by atoms with Crippen molar-refractivity contribution in [2.75, 3.05) is 26.8 Å². The number of methoxy groups -OCH3 is 1. The highest BCUT2D eigenvalue weighted by Gasteiger charge is 2.31. The second-order valence-electron chi connectivity index (χ2n) is 7.03. The third-order valence-electron chi connectivity index (χ3n) is 5.22. The number of amides is 1. The lowest BCUT2D eigenvalue weighted by atomic mass is 10.2. The van der Waals surface area contributed by atoms with Gasteiger partial charge in [0.15, 0.2) is 5.65 Å². The number of likely N-dealkylation sites (tertiary alicyclic amines) is 1. The van der Waals surface area contributed by atoms with Gasteiger partial charge in [-0.25, -0.2) is 9.78 Å². The number of carbonyl (C=O) groups is 1. The number of pyridine rings is 2. The molecule has 0 aromatic carbocycles. The highest BCUT2D eigenvalue weighted by atomic mass is 16.5. The van der Waals surface area contributed by atoms with E-state index in [1.165, 1.54) is 0 Å².